The van der Waals surface area contributed by atoms with Gasteiger partial charge in [-0.15, -0.1) is 0 Å². The number of hydrogen-bond donors (Lipinski definition) is 1. The maximum atomic E-state index is 13.0. The van der Waals surface area contributed by atoms with E-state index in [-0.39, 0.29) is 5.54 Å². The Hall–Kier alpha value is -0.650. The predicted octanol–water partition coefficient (Wildman–Crippen LogP) is 0.367. The monoisotopic (exact) mass is 294 g/mol. The first-order chi connectivity index (χ1) is 10.1. The van der Waals surface area contributed by atoms with Gasteiger partial charge in [-0.05, 0) is 33.2 Å². The Morgan fingerprint density at radius 1 is 1.05 bits per heavy atom. The molecular formula is C16H30N4O. The molecule has 0 spiro atoms. The molecule has 0 aromatic carbocycles. The van der Waals surface area contributed by atoms with Gasteiger partial charge in [0.2, 0.25) is 5.91 Å². The van der Waals surface area contributed by atoms with Crippen LogP contribution in [0.2, 0.25) is 0 Å². The van der Waals surface area contributed by atoms with Crippen LogP contribution in [0.1, 0.15) is 33.1 Å². The number of hydrogen-bond acceptors (Lipinski definition) is 4. The van der Waals surface area contributed by atoms with Gasteiger partial charge in [0, 0.05) is 51.9 Å². The van der Waals surface area contributed by atoms with E-state index in [4.69, 9.17) is 0 Å². The Kier molecular flexibility index (Phi) is 4.52. The number of piperidine rings is 1. The van der Waals surface area contributed by atoms with Crippen LogP contribution in [0, 0.1) is 0 Å². The normalized spacial score (nSPS) is 29.2. The fourth-order valence-corrected chi connectivity index (χ4v) is 4.09. The SMILES string of the molecule is CC(C)(C(=O)N1CCN2CCCCC2C1)N1CCNCC1. The van der Waals surface area contributed by atoms with Crippen molar-refractivity contribution in [2.75, 3.05) is 52.4 Å². The molecule has 21 heavy (non-hydrogen) atoms. The summed E-state index contributed by atoms with van der Waals surface area (Å²) in [5, 5.41) is 3.37. The van der Waals surface area contributed by atoms with Gasteiger partial charge in [0.05, 0.1) is 5.54 Å². The van der Waals surface area contributed by atoms with Crippen molar-refractivity contribution in [1.82, 2.24) is 20.0 Å². The van der Waals surface area contributed by atoms with Crippen LogP contribution in [0.5, 0.6) is 0 Å². The molecule has 5 nitrogen and oxygen atoms in total. The zero-order chi connectivity index (χ0) is 14.9. The van der Waals surface area contributed by atoms with Gasteiger partial charge in [0.25, 0.3) is 0 Å². The highest BCUT2D eigenvalue weighted by atomic mass is 16.2. The first kappa shape index (κ1) is 15.3. The zero-order valence-electron chi connectivity index (χ0n) is 13.6. The Morgan fingerprint density at radius 2 is 1.81 bits per heavy atom. The molecule has 0 aromatic rings. The molecule has 0 bridgehead atoms. The van der Waals surface area contributed by atoms with E-state index in [1.54, 1.807) is 0 Å². The minimum Gasteiger partial charge on any atom is -0.338 e. The fraction of sp³-hybridized carbons (Fsp3) is 0.938. The summed E-state index contributed by atoms with van der Waals surface area (Å²) in [5.41, 5.74) is -0.362. The molecule has 3 aliphatic heterocycles. The first-order valence-electron chi connectivity index (χ1n) is 8.58. The number of carbonyl (C=O) groups is 1. The molecule has 0 aromatic heterocycles. The summed E-state index contributed by atoms with van der Waals surface area (Å²) in [6.07, 6.45) is 3.92. The van der Waals surface area contributed by atoms with E-state index >= 15 is 0 Å². The maximum Gasteiger partial charge on any atom is 0.242 e. The highest BCUT2D eigenvalue weighted by Gasteiger charge is 2.40. The molecule has 3 aliphatic rings. The van der Waals surface area contributed by atoms with Crippen molar-refractivity contribution < 1.29 is 4.79 Å². The molecule has 1 unspecified atom stereocenters. The van der Waals surface area contributed by atoms with Crippen LogP contribution in [0.4, 0.5) is 0 Å². The number of carbonyl (C=O) groups excluding carboxylic acids is 1. The van der Waals surface area contributed by atoms with Crippen molar-refractivity contribution in [1.29, 1.82) is 0 Å². The molecule has 3 saturated heterocycles. The number of piperazine rings is 2. The molecule has 1 N–H and O–H groups in total. The largest absolute Gasteiger partial charge is 0.338 e. The third-order valence-electron chi connectivity index (χ3n) is 5.56. The molecule has 3 fully saturated rings. The van der Waals surface area contributed by atoms with Crippen LogP contribution in [-0.2, 0) is 4.79 Å². The molecule has 3 rings (SSSR count). The lowest BCUT2D eigenvalue weighted by Gasteiger charge is -2.48. The Balaban J connectivity index is 1.63. The highest BCUT2D eigenvalue weighted by molar-refractivity contribution is 5.85. The minimum absolute atomic E-state index is 0.328. The van der Waals surface area contributed by atoms with Gasteiger partial charge in [0.1, 0.15) is 0 Å². The van der Waals surface area contributed by atoms with E-state index in [0.717, 1.165) is 45.8 Å². The van der Waals surface area contributed by atoms with Crippen LogP contribution >= 0.6 is 0 Å². The molecular weight excluding hydrogens is 264 g/mol. The number of rotatable bonds is 2. The molecule has 0 saturated carbocycles. The van der Waals surface area contributed by atoms with E-state index in [1.165, 1.54) is 25.8 Å². The smallest absolute Gasteiger partial charge is 0.242 e. The molecule has 5 heteroatoms. The highest BCUT2D eigenvalue weighted by Crippen LogP contribution is 2.25. The second kappa shape index (κ2) is 6.23. The summed E-state index contributed by atoms with van der Waals surface area (Å²) in [6, 6.07) is 0.607. The quantitative estimate of drug-likeness (QED) is 0.798. The molecule has 3 heterocycles. The summed E-state index contributed by atoms with van der Waals surface area (Å²) in [4.78, 5) is 20.1. The van der Waals surface area contributed by atoms with Gasteiger partial charge in [-0.3, -0.25) is 14.6 Å². The van der Waals surface area contributed by atoms with Gasteiger partial charge in [-0.25, -0.2) is 0 Å². The summed E-state index contributed by atoms with van der Waals surface area (Å²) in [6.45, 7) is 12.3. The molecule has 0 aliphatic carbocycles. The average Bonchev–Trinajstić information content (AvgIpc) is 2.54. The second-order valence-corrected chi connectivity index (χ2v) is 7.23. The third kappa shape index (κ3) is 3.10. The predicted molar refractivity (Wildman–Crippen MR) is 84.3 cm³/mol. The molecule has 0 radical (unpaired) electrons. The van der Waals surface area contributed by atoms with Crippen LogP contribution in [0.25, 0.3) is 0 Å². The Labute approximate surface area is 128 Å². The lowest BCUT2D eigenvalue weighted by atomic mass is 9.95. The van der Waals surface area contributed by atoms with E-state index in [0.29, 0.717) is 11.9 Å². The van der Waals surface area contributed by atoms with Crippen LogP contribution < -0.4 is 5.32 Å². The maximum absolute atomic E-state index is 13.0. The van der Waals surface area contributed by atoms with E-state index < -0.39 is 0 Å². The van der Waals surface area contributed by atoms with E-state index in [9.17, 15) is 4.79 Å². The van der Waals surface area contributed by atoms with Gasteiger partial charge >= 0.3 is 0 Å². The van der Waals surface area contributed by atoms with Crippen LogP contribution in [-0.4, -0.2) is 84.5 Å². The summed E-state index contributed by atoms with van der Waals surface area (Å²) in [5.74, 6) is 0.328. The Bertz CT molecular complexity index is 378. The standard InChI is InChI=1S/C16H30N4O/c1-16(2,20-9-6-17-7-10-20)15(21)19-12-11-18-8-4-3-5-14(18)13-19/h14,17H,3-13H2,1-2H3. The number of nitrogens with zero attached hydrogens (tertiary/aromatic N) is 3. The molecule has 120 valence electrons. The fourth-order valence-electron chi connectivity index (χ4n) is 4.09. The molecule has 1 atom stereocenters. The number of amides is 1. The second-order valence-electron chi connectivity index (χ2n) is 7.23. The van der Waals surface area contributed by atoms with Crippen LogP contribution in [0.3, 0.4) is 0 Å². The lowest BCUT2D eigenvalue weighted by molar-refractivity contribution is -0.146. The van der Waals surface area contributed by atoms with Gasteiger partial charge in [0.15, 0.2) is 0 Å². The van der Waals surface area contributed by atoms with Crippen molar-refractivity contribution in [3.05, 3.63) is 0 Å². The Morgan fingerprint density at radius 3 is 2.57 bits per heavy atom. The van der Waals surface area contributed by atoms with Gasteiger partial charge in [-0.1, -0.05) is 6.42 Å². The van der Waals surface area contributed by atoms with Crippen molar-refractivity contribution in [3.63, 3.8) is 0 Å². The average molecular weight is 294 g/mol. The lowest BCUT2D eigenvalue weighted by Crippen LogP contribution is -2.64. The number of fused-ring (bicyclic) bond motifs is 1. The summed E-state index contributed by atoms with van der Waals surface area (Å²) >= 11 is 0. The van der Waals surface area contributed by atoms with Crippen molar-refractivity contribution in [2.24, 2.45) is 0 Å². The van der Waals surface area contributed by atoms with E-state index in [2.05, 4.69) is 33.9 Å². The van der Waals surface area contributed by atoms with Gasteiger partial charge < -0.3 is 10.2 Å². The first-order valence-corrected chi connectivity index (χ1v) is 8.58. The number of nitrogens with one attached hydrogen (secondary N) is 1. The molecule has 1 amide bonds. The van der Waals surface area contributed by atoms with Gasteiger partial charge in [-0.2, -0.15) is 0 Å². The zero-order valence-corrected chi connectivity index (χ0v) is 13.6. The third-order valence-corrected chi connectivity index (χ3v) is 5.56. The van der Waals surface area contributed by atoms with Crippen molar-refractivity contribution in [3.8, 4) is 0 Å². The topological polar surface area (TPSA) is 38.8 Å². The van der Waals surface area contributed by atoms with Crippen molar-refractivity contribution in [2.45, 2.75) is 44.7 Å². The van der Waals surface area contributed by atoms with E-state index in [1.807, 2.05) is 0 Å². The minimum atomic E-state index is -0.362. The van der Waals surface area contributed by atoms with Crippen molar-refractivity contribution >= 4 is 5.91 Å². The summed E-state index contributed by atoms with van der Waals surface area (Å²) < 4.78 is 0. The summed E-state index contributed by atoms with van der Waals surface area (Å²) in [7, 11) is 0. The van der Waals surface area contributed by atoms with Crippen LogP contribution in [0.15, 0.2) is 0 Å².